The molecule has 0 saturated heterocycles. The van der Waals surface area contributed by atoms with Crippen LogP contribution in [0.15, 0.2) is 181 Å². The van der Waals surface area contributed by atoms with Crippen molar-refractivity contribution in [3.63, 3.8) is 0 Å². The Labute approximate surface area is 438 Å². The molecule has 0 N–H and O–H groups in total. The Bertz CT molecular complexity index is 3110. The smallest absolute Gasteiger partial charge is 0.144 e. The third-order valence-electron chi connectivity index (χ3n) is 14.2. The quantitative estimate of drug-likeness (QED) is 0.128. The third-order valence-corrected chi connectivity index (χ3v) is 16.3. The van der Waals surface area contributed by atoms with Crippen molar-refractivity contribution >= 4 is 35.2 Å². The Hall–Kier alpha value is -5.78. The molecule has 4 heterocycles. The molecule has 0 bridgehead atoms. The molecular formula is C65H71IrN3OSi. The van der Waals surface area contributed by atoms with E-state index < -0.39 is 8.07 Å². The molecule has 0 atom stereocenters. The van der Waals surface area contributed by atoms with Gasteiger partial charge in [-0.3, -0.25) is 15.0 Å². The molecule has 365 valence electrons. The van der Waals surface area contributed by atoms with Gasteiger partial charge in [0, 0.05) is 66.2 Å². The van der Waals surface area contributed by atoms with Gasteiger partial charge in [0.05, 0.1) is 25.2 Å². The molecular weight excluding hydrogens is 1060 g/mol. The van der Waals surface area contributed by atoms with E-state index in [-0.39, 0.29) is 25.5 Å². The molecule has 2 aliphatic carbocycles. The zero-order chi connectivity index (χ0) is 48.5. The summed E-state index contributed by atoms with van der Waals surface area (Å²) >= 11 is 0. The Morgan fingerprint density at radius 2 is 1.04 bits per heavy atom. The summed E-state index contributed by atoms with van der Waals surface area (Å²) in [5, 5.41) is 3.84. The number of rotatable bonds is 10. The summed E-state index contributed by atoms with van der Waals surface area (Å²) in [5.41, 5.74) is 15.4. The molecule has 0 spiro atoms. The maximum atomic E-state index is 6.40. The van der Waals surface area contributed by atoms with E-state index >= 15 is 0 Å². The van der Waals surface area contributed by atoms with Crippen LogP contribution in [-0.2, 0) is 39.4 Å². The monoisotopic (exact) mass is 1130 g/mol. The fraction of sp³-hybridized carbons (Fsp3) is 0.308. The van der Waals surface area contributed by atoms with Crippen molar-refractivity contribution in [3.05, 3.63) is 193 Å². The number of fused-ring (bicyclic) bond motifs is 3. The molecule has 0 aliphatic heterocycles. The predicted octanol–water partition coefficient (Wildman–Crippen LogP) is 17.4. The van der Waals surface area contributed by atoms with E-state index in [2.05, 4.69) is 202 Å². The van der Waals surface area contributed by atoms with Crippen LogP contribution in [-0.4, -0.2) is 23.0 Å². The molecule has 2 fully saturated rings. The first-order valence-corrected chi connectivity index (χ1v) is 29.5. The van der Waals surface area contributed by atoms with Gasteiger partial charge in [-0.15, -0.1) is 0 Å². The Balaban J connectivity index is 0.000000147. The molecule has 2 saturated carbocycles. The standard InChI is InChI=1S/C28H25NO.C20H27NSi.C17H19N.Ir/c1-28(2,3)18-19-15-16-29-24(17-19)22-12-7-13-23-26-21(20-9-5-4-6-10-20)11-8-14-25(26)30-27(22)23;1-22(2,3)20-15-21-19(17-11-5-4-6-12-17)14-18(20)13-16-9-7-8-10-16;1-2-8-16(9-3-1)17-13-15(10-11-18-17)12-14-6-4-5-7-14;/h4-17H,18H2,1-3H3;4-6,11-12,14-16H,7-10,13H2,1-3H3;1-3,8-11,13-14H,4-7,12H2;. The van der Waals surface area contributed by atoms with Gasteiger partial charge in [-0.1, -0.05) is 207 Å². The number of para-hydroxylation sites is 1. The zero-order valence-electron chi connectivity index (χ0n) is 42.8. The average Bonchev–Trinajstić information content (AvgIpc) is 4.17. The number of benzene rings is 5. The second kappa shape index (κ2) is 23.6. The summed E-state index contributed by atoms with van der Waals surface area (Å²) < 4.78 is 6.40. The molecule has 0 unspecified atom stereocenters. The van der Waals surface area contributed by atoms with Crippen molar-refractivity contribution in [2.24, 2.45) is 17.3 Å². The SMILES string of the molecule is CC(C)(C)Cc1ccnc(-c2cccc3c2oc2cccc(-c4ccccc4)c23)c1.C[Si](C)(C)c1cnc(-c2ccccc2)cc1CC1CCCC1.[Ir].c1ccc(-c2cc(CC3CCCC3)ccn2)cc1. The molecule has 2 aliphatic rings. The molecule has 5 aromatic carbocycles. The van der Waals surface area contributed by atoms with E-state index in [1.54, 1.807) is 10.8 Å². The summed E-state index contributed by atoms with van der Waals surface area (Å²) in [6.07, 6.45) is 20.8. The van der Waals surface area contributed by atoms with Crippen molar-refractivity contribution in [1.29, 1.82) is 0 Å². The van der Waals surface area contributed by atoms with Gasteiger partial charge in [-0.25, -0.2) is 0 Å². The van der Waals surface area contributed by atoms with Crippen LogP contribution in [0.3, 0.4) is 0 Å². The number of pyridine rings is 3. The van der Waals surface area contributed by atoms with Gasteiger partial charge in [-0.2, -0.15) is 0 Å². The van der Waals surface area contributed by atoms with Crippen molar-refractivity contribution in [2.45, 2.75) is 111 Å². The van der Waals surface area contributed by atoms with E-state index in [0.717, 1.165) is 62.8 Å². The second-order valence-electron chi connectivity index (χ2n) is 22.1. The van der Waals surface area contributed by atoms with E-state index in [9.17, 15) is 0 Å². The normalized spacial score (nSPS) is 14.1. The van der Waals surface area contributed by atoms with Crippen LogP contribution in [0.1, 0.15) is 88.8 Å². The molecule has 4 aromatic heterocycles. The number of aromatic nitrogens is 3. The van der Waals surface area contributed by atoms with Crippen molar-refractivity contribution in [2.75, 3.05) is 0 Å². The molecule has 4 nitrogen and oxygen atoms in total. The molecule has 71 heavy (non-hydrogen) atoms. The van der Waals surface area contributed by atoms with E-state index in [4.69, 9.17) is 9.40 Å². The fourth-order valence-corrected chi connectivity index (χ4v) is 12.4. The first-order chi connectivity index (χ1) is 33.9. The summed E-state index contributed by atoms with van der Waals surface area (Å²) in [4.78, 5) is 14.0. The van der Waals surface area contributed by atoms with Gasteiger partial charge in [0.1, 0.15) is 11.2 Å². The fourth-order valence-electron chi connectivity index (χ4n) is 10.8. The molecule has 11 rings (SSSR count). The molecule has 6 heteroatoms. The third kappa shape index (κ3) is 13.4. The number of hydrogen-bond acceptors (Lipinski definition) is 4. The van der Waals surface area contributed by atoms with Crippen molar-refractivity contribution < 1.29 is 24.5 Å². The molecule has 9 aromatic rings. The van der Waals surface area contributed by atoms with Crippen LogP contribution >= 0.6 is 0 Å². The minimum absolute atomic E-state index is 0. The summed E-state index contributed by atoms with van der Waals surface area (Å²) in [6, 6.07) is 55.3. The Kier molecular flexibility index (Phi) is 17.2. The summed E-state index contributed by atoms with van der Waals surface area (Å²) in [6.45, 7) is 14.1. The van der Waals surface area contributed by atoms with Crippen molar-refractivity contribution in [1.82, 2.24) is 15.0 Å². The van der Waals surface area contributed by atoms with E-state index in [0.29, 0.717) is 0 Å². The zero-order valence-corrected chi connectivity index (χ0v) is 46.2. The minimum Gasteiger partial charge on any atom is -0.455 e. The van der Waals surface area contributed by atoms with Crippen LogP contribution in [0.4, 0.5) is 0 Å². The van der Waals surface area contributed by atoms with Crippen LogP contribution in [0, 0.1) is 17.3 Å². The van der Waals surface area contributed by atoms with Gasteiger partial charge in [-0.05, 0) is 112 Å². The largest absolute Gasteiger partial charge is 0.455 e. The summed E-state index contributed by atoms with van der Waals surface area (Å²) in [5.74, 6) is 1.79. The second-order valence-corrected chi connectivity index (χ2v) is 27.1. The summed E-state index contributed by atoms with van der Waals surface area (Å²) in [7, 11) is -1.34. The number of nitrogens with zero attached hydrogens (tertiary/aromatic N) is 3. The number of furan rings is 1. The topological polar surface area (TPSA) is 51.8 Å². The van der Waals surface area contributed by atoms with Crippen LogP contribution in [0.5, 0.6) is 0 Å². The maximum Gasteiger partial charge on any atom is 0.144 e. The van der Waals surface area contributed by atoms with Gasteiger partial charge < -0.3 is 4.42 Å². The van der Waals surface area contributed by atoms with Gasteiger partial charge in [0.2, 0.25) is 0 Å². The van der Waals surface area contributed by atoms with Crippen molar-refractivity contribution in [3.8, 4) is 44.9 Å². The Morgan fingerprint density at radius 3 is 1.65 bits per heavy atom. The van der Waals surface area contributed by atoms with Crippen LogP contribution in [0.2, 0.25) is 19.6 Å². The molecule has 0 amide bonds. The van der Waals surface area contributed by atoms with Gasteiger partial charge in [0.15, 0.2) is 0 Å². The van der Waals surface area contributed by atoms with E-state index in [1.807, 2.05) is 24.5 Å². The van der Waals surface area contributed by atoms with Crippen LogP contribution in [0.25, 0.3) is 66.8 Å². The van der Waals surface area contributed by atoms with Gasteiger partial charge >= 0.3 is 0 Å². The minimum atomic E-state index is -1.34. The van der Waals surface area contributed by atoms with E-state index in [1.165, 1.54) is 97.6 Å². The predicted molar refractivity (Wildman–Crippen MR) is 299 cm³/mol. The molecule has 1 radical (unpaired) electrons. The first kappa shape index (κ1) is 51.6. The van der Waals surface area contributed by atoms with Crippen LogP contribution < -0.4 is 5.19 Å². The number of hydrogen-bond donors (Lipinski definition) is 0. The maximum absolute atomic E-state index is 6.40. The average molecular weight is 1130 g/mol. The van der Waals surface area contributed by atoms with Gasteiger partial charge in [0.25, 0.3) is 0 Å². The Morgan fingerprint density at radius 1 is 0.521 bits per heavy atom. The first-order valence-electron chi connectivity index (χ1n) is 26.0.